The number of hydrogen-bond acceptors (Lipinski definition) is 8. The number of ether oxygens (including phenoxy) is 4. The van der Waals surface area contributed by atoms with Crippen LogP contribution in [0.2, 0.25) is 0 Å². The SMILES string of the molecule is CCOC(=O)C1=C(C)N=c2s/c(=C/c3ccc(O[C@@H](C)CC)c(OCC)c3)c(=O)n2[C@@H]1c1ccccc1OC(C)C. The number of fused-ring (bicyclic) bond motifs is 1. The lowest BCUT2D eigenvalue weighted by molar-refractivity contribution is -0.139. The Morgan fingerprint density at radius 2 is 1.78 bits per heavy atom. The maximum Gasteiger partial charge on any atom is 0.338 e. The van der Waals surface area contributed by atoms with Crippen LogP contribution in [0.3, 0.4) is 0 Å². The summed E-state index contributed by atoms with van der Waals surface area (Å²) in [6, 6.07) is 12.3. The molecular formula is C32H38N2O6S. The molecule has 1 aliphatic heterocycles. The zero-order valence-corrected chi connectivity index (χ0v) is 25.5. The van der Waals surface area contributed by atoms with Crippen molar-refractivity contribution in [3.05, 3.63) is 84.5 Å². The van der Waals surface area contributed by atoms with Crippen molar-refractivity contribution in [2.75, 3.05) is 13.2 Å². The molecule has 0 saturated heterocycles. The molecule has 2 aromatic carbocycles. The Balaban J connectivity index is 1.90. The van der Waals surface area contributed by atoms with E-state index in [1.807, 2.05) is 76.2 Å². The predicted molar refractivity (Wildman–Crippen MR) is 161 cm³/mol. The van der Waals surface area contributed by atoms with Crippen LogP contribution in [0.4, 0.5) is 0 Å². The van der Waals surface area contributed by atoms with Crippen LogP contribution < -0.4 is 29.1 Å². The van der Waals surface area contributed by atoms with E-state index >= 15 is 0 Å². The van der Waals surface area contributed by atoms with Crippen molar-refractivity contribution in [1.82, 2.24) is 4.57 Å². The number of carbonyl (C=O) groups is 1. The first-order chi connectivity index (χ1) is 19.7. The summed E-state index contributed by atoms with van der Waals surface area (Å²) in [5, 5.41) is 0. The fourth-order valence-electron chi connectivity index (χ4n) is 4.59. The van der Waals surface area contributed by atoms with Gasteiger partial charge in [-0.1, -0.05) is 42.5 Å². The quantitative estimate of drug-likeness (QED) is 0.292. The Labute approximate surface area is 244 Å². The number of hydrogen-bond donors (Lipinski definition) is 0. The van der Waals surface area contributed by atoms with Gasteiger partial charge in [-0.2, -0.15) is 0 Å². The van der Waals surface area contributed by atoms with Gasteiger partial charge in [0.15, 0.2) is 16.3 Å². The Kier molecular flexibility index (Phi) is 9.70. The molecule has 41 heavy (non-hydrogen) atoms. The lowest BCUT2D eigenvalue weighted by Gasteiger charge is -2.26. The van der Waals surface area contributed by atoms with Crippen molar-refractivity contribution in [3.63, 3.8) is 0 Å². The van der Waals surface area contributed by atoms with Crippen LogP contribution in [0.25, 0.3) is 6.08 Å². The minimum atomic E-state index is -0.757. The van der Waals surface area contributed by atoms with Gasteiger partial charge in [-0.3, -0.25) is 9.36 Å². The van der Waals surface area contributed by atoms with Crippen LogP contribution in [0.15, 0.2) is 63.5 Å². The molecular weight excluding hydrogens is 540 g/mol. The fraction of sp³-hybridized carbons (Fsp3) is 0.406. The molecule has 2 heterocycles. The van der Waals surface area contributed by atoms with Crippen LogP contribution in [0.5, 0.6) is 17.2 Å². The van der Waals surface area contributed by atoms with Gasteiger partial charge in [0.1, 0.15) is 11.8 Å². The monoisotopic (exact) mass is 578 g/mol. The molecule has 0 amide bonds. The number of aromatic nitrogens is 1. The minimum absolute atomic E-state index is 0.0446. The summed E-state index contributed by atoms with van der Waals surface area (Å²) in [4.78, 5) is 32.5. The van der Waals surface area contributed by atoms with Crippen molar-refractivity contribution in [2.45, 2.75) is 73.1 Å². The van der Waals surface area contributed by atoms with Crippen molar-refractivity contribution in [3.8, 4) is 17.2 Å². The van der Waals surface area contributed by atoms with E-state index in [4.69, 9.17) is 18.9 Å². The Morgan fingerprint density at radius 1 is 1.02 bits per heavy atom. The van der Waals surface area contributed by atoms with Gasteiger partial charge in [0, 0.05) is 5.56 Å². The van der Waals surface area contributed by atoms with E-state index < -0.39 is 12.0 Å². The second kappa shape index (κ2) is 13.2. The highest BCUT2D eigenvalue weighted by Gasteiger charge is 2.35. The topological polar surface area (TPSA) is 88.4 Å². The molecule has 0 saturated carbocycles. The highest BCUT2D eigenvalue weighted by molar-refractivity contribution is 7.07. The van der Waals surface area contributed by atoms with Gasteiger partial charge in [-0.25, -0.2) is 9.79 Å². The zero-order valence-electron chi connectivity index (χ0n) is 24.7. The highest BCUT2D eigenvalue weighted by Crippen LogP contribution is 2.36. The van der Waals surface area contributed by atoms with Gasteiger partial charge in [0.25, 0.3) is 5.56 Å². The maximum atomic E-state index is 14.0. The standard InChI is InChI=1S/C32H38N2O6S/c1-8-20(6)40-25-16-15-22(17-26(25)37-9-2)18-27-30(35)34-29(23-13-11-12-14-24(23)39-19(4)5)28(31(36)38-10-3)21(7)33-32(34)41-27/h11-20,29H,8-10H2,1-7H3/b27-18+/t20-,29+/m0/s1. The molecule has 9 heteroatoms. The third kappa shape index (κ3) is 6.56. The smallest absolute Gasteiger partial charge is 0.338 e. The molecule has 1 aromatic heterocycles. The number of nitrogens with zero attached hydrogens (tertiary/aromatic N) is 2. The Hall–Kier alpha value is -3.85. The largest absolute Gasteiger partial charge is 0.491 e. The average Bonchev–Trinajstić information content (AvgIpc) is 3.23. The van der Waals surface area contributed by atoms with Gasteiger partial charge in [-0.05, 0) is 77.8 Å². The van der Waals surface area contributed by atoms with Gasteiger partial charge < -0.3 is 18.9 Å². The number of benzene rings is 2. The second-order valence-corrected chi connectivity index (χ2v) is 11.0. The molecule has 2 atom stereocenters. The first kappa shape index (κ1) is 30.1. The van der Waals surface area contributed by atoms with Crippen LogP contribution in [-0.2, 0) is 9.53 Å². The first-order valence-corrected chi connectivity index (χ1v) is 14.9. The number of para-hydroxylation sites is 1. The molecule has 1 aliphatic rings. The summed E-state index contributed by atoms with van der Waals surface area (Å²) in [7, 11) is 0. The van der Waals surface area contributed by atoms with Crippen molar-refractivity contribution < 1.29 is 23.7 Å². The first-order valence-electron chi connectivity index (χ1n) is 14.1. The van der Waals surface area contributed by atoms with Crippen LogP contribution in [-0.4, -0.2) is 36.0 Å². The number of carbonyl (C=O) groups excluding carboxylic acids is 1. The van der Waals surface area contributed by atoms with Crippen LogP contribution >= 0.6 is 11.3 Å². The van der Waals surface area contributed by atoms with E-state index in [0.717, 1.165) is 12.0 Å². The molecule has 0 fully saturated rings. The highest BCUT2D eigenvalue weighted by atomic mass is 32.1. The van der Waals surface area contributed by atoms with E-state index in [9.17, 15) is 9.59 Å². The van der Waals surface area contributed by atoms with Crippen LogP contribution in [0, 0.1) is 0 Å². The molecule has 8 nitrogen and oxygen atoms in total. The summed E-state index contributed by atoms with van der Waals surface area (Å²) < 4.78 is 25.5. The lowest BCUT2D eigenvalue weighted by atomic mass is 9.95. The number of esters is 1. The summed E-state index contributed by atoms with van der Waals surface area (Å²) in [6.07, 6.45) is 2.63. The van der Waals surface area contributed by atoms with E-state index in [1.54, 1.807) is 18.4 Å². The number of allylic oxidation sites excluding steroid dienone is 1. The molecule has 0 bridgehead atoms. The maximum absolute atomic E-state index is 14.0. The van der Waals surface area contributed by atoms with Crippen molar-refractivity contribution in [2.24, 2.45) is 4.99 Å². The Morgan fingerprint density at radius 3 is 2.46 bits per heavy atom. The molecule has 218 valence electrons. The van der Waals surface area contributed by atoms with Crippen LogP contribution in [0.1, 0.15) is 72.1 Å². The van der Waals surface area contributed by atoms with E-state index in [1.165, 1.54) is 11.3 Å². The van der Waals surface area contributed by atoms with E-state index in [-0.39, 0.29) is 24.4 Å². The second-order valence-electron chi connectivity index (χ2n) is 9.98. The molecule has 0 radical (unpaired) electrons. The van der Waals surface area contributed by atoms with Crippen molar-refractivity contribution in [1.29, 1.82) is 0 Å². The third-order valence-corrected chi connectivity index (χ3v) is 7.54. The van der Waals surface area contributed by atoms with Gasteiger partial charge in [0.05, 0.1) is 41.2 Å². The van der Waals surface area contributed by atoms with E-state index in [0.29, 0.717) is 50.0 Å². The lowest BCUT2D eigenvalue weighted by Crippen LogP contribution is -2.40. The number of rotatable bonds is 11. The molecule has 4 rings (SSSR count). The summed E-state index contributed by atoms with van der Waals surface area (Å²) in [5.74, 6) is 1.37. The normalized spacial score (nSPS) is 15.8. The van der Waals surface area contributed by atoms with Gasteiger partial charge in [0.2, 0.25) is 0 Å². The molecule has 0 N–H and O–H groups in total. The number of thiazole rings is 1. The van der Waals surface area contributed by atoms with Crippen molar-refractivity contribution >= 4 is 23.4 Å². The Bertz CT molecular complexity index is 1620. The fourth-order valence-corrected chi connectivity index (χ4v) is 5.63. The molecule has 3 aromatic rings. The van der Waals surface area contributed by atoms with Gasteiger partial charge in [-0.15, -0.1) is 0 Å². The minimum Gasteiger partial charge on any atom is -0.491 e. The molecule has 0 spiro atoms. The third-order valence-electron chi connectivity index (χ3n) is 6.56. The summed E-state index contributed by atoms with van der Waals surface area (Å²) in [5.41, 5.74) is 2.04. The average molecular weight is 579 g/mol. The predicted octanol–water partition coefficient (Wildman–Crippen LogP) is 5.16. The summed E-state index contributed by atoms with van der Waals surface area (Å²) >= 11 is 1.27. The van der Waals surface area contributed by atoms with Gasteiger partial charge >= 0.3 is 5.97 Å². The van der Waals surface area contributed by atoms with E-state index in [2.05, 4.69) is 11.9 Å². The molecule has 0 unspecified atom stereocenters. The molecule has 0 aliphatic carbocycles. The zero-order chi connectivity index (χ0) is 29.7. The summed E-state index contributed by atoms with van der Waals surface area (Å²) in [6.45, 7) is 14.1.